The molecule has 0 saturated heterocycles. The Morgan fingerprint density at radius 3 is 3.00 bits per heavy atom. The minimum atomic E-state index is 0.319. The highest BCUT2D eigenvalue weighted by Crippen LogP contribution is 1.94. The van der Waals surface area contributed by atoms with Crippen molar-refractivity contribution in [3.8, 4) is 0 Å². The highest BCUT2D eigenvalue weighted by atomic mass is 15.3. The number of hydrogen-bond acceptors (Lipinski definition) is 3. The van der Waals surface area contributed by atoms with Gasteiger partial charge in [0.1, 0.15) is 5.82 Å². The number of nitrogens with zero attached hydrogens (tertiary/aromatic N) is 2. The zero-order valence-electron chi connectivity index (χ0n) is 9.83. The van der Waals surface area contributed by atoms with Crippen LogP contribution in [-0.2, 0) is 6.42 Å². The lowest BCUT2D eigenvalue weighted by atomic mass is 10.3. The van der Waals surface area contributed by atoms with E-state index in [2.05, 4.69) is 25.7 Å². The third-order valence-corrected chi connectivity index (χ3v) is 1.96. The fourth-order valence-electron chi connectivity index (χ4n) is 1.28. The van der Waals surface area contributed by atoms with Gasteiger partial charge in [-0.1, -0.05) is 0 Å². The minimum Gasteiger partial charge on any atom is -0.353 e. The molecule has 16 heavy (non-hydrogen) atoms. The van der Waals surface area contributed by atoms with Crippen molar-refractivity contribution in [1.29, 1.82) is 0 Å². The van der Waals surface area contributed by atoms with Gasteiger partial charge in [0.15, 0.2) is 0 Å². The maximum Gasteiger partial charge on any atom is 0.205 e. The van der Waals surface area contributed by atoms with Crippen molar-refractivity contribution in [3.05, 3.63) is 18.2 Å². The Hall–Kier alpha value is -1.56. The number of H-pyrrole nitrogens is 1. The van der Waals surface area contributed by atoms with Gasteiger partial charge >= 0.3 is 0 Å². The number of nitrogens with one attached hydrogen (secondary N) is 3. The first kappa shape index (κ1) is 12.5. The summed E-state index contributed by atoms with van der Waals surface area (Å²) in [5.41, 5.74) is 2.54. The highest BCUT2D eigenvalue weighted by molar-refractivity contribution is 5.79. The van der Waals surface area contributed by atoms with Gasteiger partial charge in [-0.15, -0.1) is 0 Å². The Labute approximate surface area is 95.7 Å². The molecule has 0 aliphatic rings. The van der Waals surface area contributed by atoms with Crippen LogP contribution in [0, 0.1) is 0 Å². The van der Waals surface area contributed by atoms with Crippen molar-refractivity contribution < 1.29 is 0 Å². The predicted molar refractivity (Wildman–Crippen MR) is 64.8 cm³/mol. The van der Waals surface area contributed by atoms with E-state index in [1.165, 1.54) is 0 Å². The topological polar surface area (TPSA) is 91.1 Å². The number of rotatable bonds is 5. The summed E-state index contributed by atoms with van der Waals surface area (Å²) >= 11 is 0. The van der Waals surface area contributed by atoms with Crippen LogP contribution in [0.2, 0.25) is 0 Å². The summed E-state index contributed by atoms with van der Waals surface area (Å²) in [6, 6.07) is 0.319. The number of hydrogen-bond donors (Lipinski definition) is 4. The molecule has 0 aliphatic carbocycles. The number of guanidine groups is 1. The smallest absolute Gasteiger partial charge is 0.205 e. The second kappa shape index (κ2) is 6.84. The number of imidazole rings is 1. The summed E-state index contributed by atoms with van der Waals surface area (Å²) in [6.45, 7) is 4.80. The Kier molecular flexibility index (Phi) is 5.35. The molecule has 0 saturated carbocycles. The fourth-order valence-corrected chi connectivity index (χ4v) is 1.28. The molecule has 0 amide bonds. The van der Waals surface area contributed by atoms with Crippen LogP contribution in [0.1, 0.15) is 26.1 Å². The molecular formula is C10H20N6. The van der Waals surface area contributed by atoms with Crippen molar-refractivity contribution in [2.75, 3.05) is 6.54 Å². The molecule has 1 heterocycles. The van der Waals surface area contributed by atoms with E-state index in [4.69, 9.17) is 5.84 Å². The third-order valence-electron chi connectivity index (χ3n) is 1.96. The van der Waals surface area contributed by atoms with Crippen molar-refractivity contribution >= 4 is 5.96 Å². The van der Waals surface area contributed by atoms with Gasteiger partial charge in [-0.25, -0.2) is 10.8 Å². The van der Waals surface area contributed by atoms with E-state index < -0.39 is 0 Å². The maximum atomic E-state index is 5.34. The number of nitrogens with two attached hydrogens (primary N) is 1. The van der Waals surface area contributed by atoms with Crippen LogP contribution in [0.5, 0.6) is 0 Å². The molecule has 0 atom stereocenters. The molecule has 5 N–H and O–H groups in total. The zero-order valence-corrected chi connectivity index (χ0v) is 9.83. The number of aromatic nitrogens is 2. The van der Waals surface area contributed by atoms with Crippen LogP contribution >= 0.6 is 0 Å². The normalized spacial score (nSPS) is 11.9. The Balaban J connectivity index is 2.23. The van der Waals surface area contributed by atoms with Gasteiger partial charge in [-0.05, 0) is 20.3 Å². The Morgan fingerprint density at radius 1 is 1.62 bits per heavy atom. The van der Waals surface area contributed by atoms with E-state index in [1.807, 2.05) is 20.0 Å². The third kappa shape index (κ3) is 4.79. The van der Waals surface area contributed by atoms with Crippen LogP contribution in [0.25, 0.3) is 0 Å². The van der Waals surface area contributed by atoms with Gasteiger partial charge in [-0.3, -0.25) is 10.4 Å². The van der Waals surface area contributed by atoms with Crippen LogP contribution in [-0.4, -0.2) is 28.5 Å². The summed E-state index contributed by atoms with van der Waals surface area (Å²) in [5, 5.41) is 3.11. The molecule has 90 valence electrons. The predicted octanol–water partition coefficient (Wildman–Crippen LogP) is 0.160. The zero-order chi connectivity index (χ0) is 11.8. The first-order valence-corrected chi connectivity index (χ1v) is 5.48. The second-order valence-electron chi connectivity index (χ2n) is 3.81. The lowest BCUT2D eigenvalue weighted by Crippen LogP contribution is -2.44. The molecule has 0 aromatic carbocycles. The lowest BCUT2D eigenvalue weighted by Gasteiger charge is -2.11. The van der Waals surface area contributed by atoms with Gasteiger partial charge in [-0.2, -0.15) is 0 Å². The standard InChI is InChI=1S/C10H20N6/c1-8(2)15-10(16-11)14-5-3-4-9-12-6-7-13-9/h6-8H,3-5,11H2,1-2H3,(H,12,13)(H2,14,15,16). The first-order chi connectivity index (χ1) is 7.72. The molecule has 0 radical (unpaired) electrons. The van der Waals surface area contributed by atoms with E-state index in [1.54, 1.807) is 6.20 Å². The number of hydrazine groups is 1. The lowest BCUT2D eigenvalue weighted by molar-refractivity contribution is 0.696. The van der Waals surface area contributed by atoms with E-state index in [0.29, 0.717) is 12.0 Å². The number of aromatic amines is 1. The average molecular weight is 224 g/mol. The summed E-state index contributed by atoms with van der Waals surface area (Å²) in [4.78, 5) is 11.5. The quantitative estimate of drug-likeness (QED) is 0.188. The molecule has 6 heteroatoms. The molecule has 0 bridgehead atoms. The number of aryl methyl sites for hydroxylation is 1. The van der Waals surface area contributed by atoms with Crippen LogP contribution in [0.3, 0.4) is 0 Å². The van der Waals surface area contributed by atoms with Crippen LogP contribution in [0.15, 0.2) is 17.4 Å². The van der Waals surface area contributed by atoms with Gasteiger partial charge in [0, 0.05) is 31.4 Å². The summed E-state index contributed by atoms with van der Waals surface area (Å²) in [5.74, 6) is 6.96. The molecular weight excluding hydrogens is 204 g/mol. The van der Waals surface area contributed by atoms with Crippen LogP contribution in [0.4, 0.5) is 0 Å². The molecule has 6 nitrogen and oxygen atoms in total. The van der Waals surface area contributed by atoms with Crippen LogP contribution < -0.4 is 16.6 Å². The largest absolute Gasteiger partial charge is 0.353 e. The summed E-state index contributed by atoms with van der Waals surface area (Å²) in [6.07, 6.45) is 5.42. The fraction of sp³-hybridized carbons (Fsp3) is 0.600. The van der Waals surface area contributed by atoms with Crippen molar-refractivity contribution in [1.82, 2.24) is 20.7 Å². The Morgan fingerprint density at radius 2 is 2.44 bits per heavy atom. The molecule has 1 aromatic rings. The molecule has 0 spiro atoms. The van der Waals surface area contributed by atoms with E-state index in [0.717, 1.165) is 25.2 Å². The van der Waals surface area contributed by atoms with Gasteiger partial charge < -0.3 is 10.3 Å². The van der Waals surface area contributed by atoms with Crippen molar-refractivity contribution in [3.63, 3.8) is 0 Å². The highest BCUT2D eigenvalue weighted by Gasteiger charge is 1.98. The molecule has 1 aromatic heterocycles. The number of aliphatic imine (C=N–C) groups is 1. The Bertz CT molecular complexity index is 303. The van der Waals surface area contributed by atoms with Gasteiger partial charge in [0.05, 0.1) is 0 Å². The van der Waals surface area contributed by atoms with Gasteiger partial charge in [0.25, 0.3) is 0 Å². The van der Waals surface area contributed by atoms with E-state index >= 15 is 0 Å². The molecule has 0 aliphatic heterocycles. The molecule has 0 fully saturated rings. The molecule has 1 rings (SSSR count). The van der Waals surface area contributed by atoms with E-state index in [9.17, 15) is 0 Å². The van der Waals surface area contributed by atoms with Gasteiger partial charge in [0.2, 0.25) is 5.96 Å². The maximum absolute atomic E-state index is 5.34. The molecule has 0 unspecified atom stereocenters. The second-order valence-corrected chi connectivity index (χ2v) is 3.81. The monoisotopic (exact) mass is 224 g/mol. The summed E-state index contributed by atoms with van der Waals surface area (Å²) in [7, 11) is 0. The van der Waals surface area contributed by atoms with Crippen molar-refractivity contribution in [2.24, 2.45) is 10.8 Å². The average Bonchev–Trinajstić information content (AvgIpc) is 2.74. The first-order valence-electron chi connectivity index (χ1n) is 5.48. The minimum absolute atomic E-state index is 0.319. The summed E-state index contributed by atoms with van der Waals surface area (Å²) < 4.78 is 0. The SMILES string of the molecule is CC(C)NC(=NCCCc1ncc[nH]1)NN. The van der Waals surface area contributed by atoms with E-state index in [-0.39, 0.29) is 0 Å². The van der Waals surface area contributed by atoms with Crippen molar-refractivity contribution in [2.45, 2.75) is 32.7 Å².